The van der Waals surface area contributed by atoms with Crippen molar-refractivity contribution in [1.82, 2.24) is 10.3 Å². The summed E-state index contributed by atoms with van der Waals surface area (Å²) in [6, 6.07) is -0.0390. The largest absolute Gasteiger partial charge is 0.456 e. The third kappa shape index (κ3) is 2.78. The number of cyclic esters (lactones) is 1. The molecule has 0 amide bonds. The third-order valence-corrected chi connectivity index (χ3v) is 3.49. The Labute approximate surface area is 101 Å². The molecule has 0 aromatic carbocycles. The van der Waals surface area contributed by atoms with Gasteiger partial charge in [-0.25, -0.2) is 9.78 Å². The summed E-state index contributed by atoms with van der Waals surface area (Å²) >= 11 is 1.48. The second-order valence-corrected chi connectivity index (χ2v) is 4.86. The van der Waals surface area contributed by atoms with E-state index in [-0.39, 0.29) is 12.6 Å². The van der Waals surface area contributed by atoms with Crippen LogP contribution in [0.3, 0.4) is 0 Å². The van der Waals surface area contributed by atoms with Gasteiger partial charge in [0.15, 0.2) is 0 Å². The Morgan fingerprint density at radius 3 is 3.06 bits per heavy atom. The number of nitrogens with zero attached hydrogens (tertiary/aromatic N) is 1. The van der Waals surface area contributed by atoms with Gasteiger partial charge in [-0.2, -0.15) is 8.78 Å². The van der Waals surface area contributed by atoms with E-state index in [0.717, 1.165) is 5.01 Å². The Kier molecular flexibility index (Phi) is 3.39. The Morgan fingerprint density at radius 1 is 1.76 bits per heavy atom. The molecule has 94 valence electrons. The highest BCUT2D eigenvalue weighted by atomic mass is 32.1. The highest BCUT2D eigenvalue weighted by Gasteiger charge is 2.50. The van der Waals surface area contributed by atoms with Crippen LogP contribution in [0.25, 0.3) is 0 Å². The third-order valence-electron chi connectivity index (χ3n) is 2.53. The van der Waals surface area contributed by atoms with Crippen LogP contribution in [0, 0.1) is 0 Å². The molecule has 1 aliphatic rings. The van der Waals surface area contributed by atoms with Gasteiger partial charge in [-0.3, -0.25) is 0 Å². The topological polar surface area (TPSA) is 51.2 Å². The number of rotatable bonds is 4. The van der Waals surface area contributed by atoms with Crippen molar-refractivity contribution in [2.75, 3.05) is 6.54 Å². The molecule has 1 aromatic rings. The fourth-order valence-corrected chi connectivity index (χ4v) is 2.28. The summed E-state index contributed by atoms with van der Waals surface area (Å²) in [6.07, 6.45) is 0.366. The maximum Gasteiger partial charge on any atom is 0.377 e. The van der Waals surface area contributed by atoms with E-state index in [9.17, 15) is 13.6 Å². The first-order chi connectivity index (χ1) is 7.99. The van der Waals surface area contributed by atoms with Crippen LogP contribution >= 0.6 is 11.3 Å². The smallest absolute Gasteiger partial charge is 0.377 e. The summed E-state index contributed by atoms with van der Waals surface area (Å²) in [5.74, 6) is -4.76. The zero-order valence-corrected chi connectivity index (χ0v) is 9.97. The van der Waals surface area contributed by atoms with Gasteiger partial charge in [0.25, 0.3) is 0 Å². The van der Waals surface area contributed by atoms with E-state index in [0.29, 0.717) is 0 Å². The minimum atomic E-state index is -3.34. The lowest BCUT2D eigenvalue weighted by Crippen LogP contribution is -2.29. The number of thiazole rings is 1. The van der Waals surface area contributed by atoms with Gasteiger partial charge in [0.1, 0.15) is 11.1 Å². The van der Waals surface area contributed by atoms with Crippen LogP contribution in [0.5, 0.6) is 0 Å². The van der Waals surface area contributed by atoms with E-state index in [1.165, 1.54) is 11.3 Å². The first-order valence-electron chi connectivity index (χ1n) is 5.21. The van der Waals surface area contributed by atoms with E-state index < -0.39 is 24.4 Å². The molecular weight excluding hydrogens is 250 g/mol. The van der Waals surface area contributed by atoms with E-state index in [1.807, 2.05) is 12.3 Å². The molecule has 0 spiro atoms. The molecule has 1 saturated heterocycles. The van der Waals surface area contributed by atoms with E-state index in [4.69, 9.17) is 0 Å². The number of aromatic nitrogens is 1. The van der Waals surface area contributed by atoms with Crippen molar-refractivity contribution >= 4 is 17.3 Å². The maximum atomic E-state index is 12.9. The van der Waals surface area contributed by atoms with Crippen molar-refractivity contribution in [2.24, 2.45) is 0 Å². The molecule has 1 aliphatic heterocycles. The van der Waals surface area contributed by atoms with Gasteiger partial charge in [-0.1, -0.05) is 0 Å². The van der Waals surface area contributed by atoms with Gasteiger partial charge in [0.2, 0.25) is 0 Å². The van der Waals surface area contributed by atoms with Crippen LogP contribution in [-0.4, -0.2) is 29.5 Å². The molecule has 2 rings (SSSR count). The van der Waals surface area contributed by atoms with E-state index in [1.54, 1.807) is 6.20 Å². The number of ether oxygens (including phenoxy) is 1. The zero-order chi connectivity index (χ0) is 12.5. The van der Waals surface area contributed by atoms with Crippen molar-refractivity contribution in [1.29, 1.82) is 0 Å². The highest BCUT2D eigenvalue weighted by molar-refractivity contribution is 7.09. The second-order valence-electron chi connectivity index (χ2n) is 3.94. The minimum absolute atomic E-state index is 0.0390. The molecule has 0 radical (unpaired) electrons. The number of carbonyl (C=O) groups is 1. The molecule has 1 fully saturated rings. The van der Waals surface area contributed by atoms with Crippen LogP contribution in [0.2, 0.25) is 0 Å². The first kappa shape index (κ1) is 12.4. The number of hydrogen-bond acceptors (Lipinski definition) is 5. The van der Waals surface area contributed by atoms with Crippen LogP contribution in [0.15, 0.2) is 11.6 Å². The fourth-order valence-electron chi connectivity index (χ4n) is 1.61. The predicted octanol–water partition coefficient (Wildman–Crippen LogP) is 1.74. The van der Waals surface area contributed by atoms with Crippen LogP contribution in [0.4, 0.5) is 8.78 Å². The molecule has 2 unspecified atom stereocenters. The highest BCUT2D eigenvalue weighted by Crippen LogP contribution is 2.30. The van der Waals surface area contributed by atoms with Crippen molar-refractivity contribution in [2.45, 2.75) is 31.4 Å². The summed E-state index contributed by atoms with van der Waals surface area (Å²) in [5, 5.41) is 5.74. The number of hydrogen-bond donors (Lipinski definition) is 1. The van der Waals surface area contributed by atoms with Gasteiger partial charge in [0.05, 0.1) is 12.5 Å². The van der Waals surface area contributed by atoms with Crippen LogP contribution in [-0.2, 0) is 9.53 Å². The summed E-state index contributed by atoms with van der Waals surface area (Å²) in [6.45, 7) is 2.09. The number of halogens is 2. The Bertz CT molecular complexity index is 397. The predicted molar refractivity (Wildman–Crippen MR) is 58.0 cm³/mol. The number of alkyl halides is 2. The Morgan fingerprint density at radius 2 is 2.53 bits per heavy atom. The SMILES string of the molecule is CC(NCC1CC(F)(F)C(=O)O1)c1nccs1. The van der Waals surface area contributed by atoms with Crippen LogP contribution in [0.1, 0.15) is 24.4 Å². The quantitative estimate of drug-likeness (QED) is 0.840. The number of nitrogens with one attached hydrogen (secondary N) is 1. The molecule has 1 N–H and O–H groups in total. The Balaban J connectivity index is 1.82. The first-order valence-corrected chi connectivity index (χ1v) is 6.08. The molecule has 0 bridgehead atoms. The lowest BCUT2D eigenvalue weighted by Gasteiger charge is -2.14. The molecular formula is C10H12F2N2O2S. The standard InChI is InChI=1S/C10H12F2N2O2S/c1-6(8-13-2-3-17-8)14-5-7-4-10(11,12)9(15)16-7/h2-3,6-7,14H,4-5H2,1H3. The second kappa shape index (κ2) is 4.66. The van der Waals surface area contributed by atoms with Crippen molar-refractivity contribution in [3.8, 4) is 0 Å². The van der Waals surface area contributed by atoms with Gasteiger partial charge in [-0.05, 0) is 6.92 Å². The average Bonchev–Trinajstić information content (AvgIpc) is 2.85. The fraction of sp³-hybridized carbons (Fsp3) is 0.600. The lowest BCUT2D eigenvalue weighted by atomic mass is 10.2. The number of carbonyl (C=O) groups excluding carboxylic acids is 1. The molecule has 0 aliphatic carbocycles. The molecule has 7 heteroatoms. The van der Waals surface area contributed by atoms with Gasteiger partial charge < -0.3 is 10.1 Å². The Hall–Kier alpha value is -1.08. The normalized spacial score (nSPS) is 24.6. The van der Waals surface area contributed by atoms with E-state index in [2.05, 4.69) is 15.0 Å². The average molecular weight is 262 g/mol. The van der Waals surface area contributed by atoms with Crippen molar-refractivity contribution in [3.63, 3.8) is 0 Å². The maximum absolute atomic E-state index is 12.9. The van der Waals surface area contributed by atoms with E-state index >= 15 is 0 Å². The summed E-state index contributed by atoms with van der Waals surface area (Å²) in [7, 11) is 0. The van der Waals surface area contributed by atoms with Gasteiger partial charge >= 0.3 is 11.9 Å². The summed E-state index contributed by atoms with van der Waals surface area (Å²) in [4.78, 5) is 14.9. The molecule has 1 aromatic heterocycles. The summed E-state index contributed by atoms with van der Waals surface area (Å²) in [5.41, 5.74) is 0. The molecule has 17 heavy (non-hydrogen) atoms. The molecule has 2 atom stereocenters. The van der Waals surface area contributed by atoms with Gasteiger partial charge in [0, 0.05) is 18.1 Å². The number of esters is 1. The van der Waals surface area contributed by atoms with Crippen LogP contribution < -0.4 is 5.32 Å². The lowest BCUT2D eigenvalue weighted by molar-refractivity contribution is -0.159. The zero-order valence-electron chi connectivity index (χ0n) is 9.15. The minimum Gasteiger partial charge on any atom is -0.456 e. The van der Waals surface area contributed by atoms with Crippen molar-refractivity contribution in [3.05, 3.63) is 16.6 Å². The monoisotopic (exact) mass is 262 g/mol. The van der Waals surface area contributed by atoms with Gasteiger partial charge in [-0.15, -0.1) is 11.3 Å². The molecule has 0 saturated carbocycles. The molecule has 4 nitrogen and oxygen atoms in total. The molecule has 2 heterocycles. The summed E-state index contributed by atoms with van der Waals surface area (Å²) < 4.78 is 30.3. The van der Waals surface area contributed by atoms with Crippen molar-refractivity contribution < 1.29 is 18.3 Å².